The van der Waals surface area contributed by atoms with Gasteiger partial charge >= 0.3 is 5.97 Å². The van der Waals surface area contributed by atoms with E-state index in [1.54, 1.807) is 19.1 Å². The molecule has 1 aromatic rings. The van der Waals surface area contributed by atoms with Gasteiger partial charge in [0.05, 0.1) is 30.0 Å². The molecule has 0 aliphatic heterocycles. The van der Waals surface area contributed by atoms with E-state index in [1.807, 2.05) is 12.1 Å². The maximum Gasteiger partial charge on any atom is 0.340 e. The molecular formula is C13H14N4O2. The highest BCUT2D eigenvalue weighted by molar-refractivity contribution is 5.97. The lowest BCUT2D eigenvalue weighted by atomic mass is 10.1. The molecule has 0 aliphatic rings. The first kappa shape index (κ1) is 14.3. The van der Waals surface area contributed by atoms with Crippen molar-refractivity contribution in [1.29, 1.82) is 10.5 Å². The lowest BCUT2D eigenvalue weighted by molar-refractivity contribution is 0.0527. The molecule has 0 atom stereocenters. The summed E-state index contributed by atoms with van der Waals surface area (Å²) in [6.45, 7) is 1.95. The number of carbonyl (C=O) groups is 1. The second-order valence-electron chi connectivity index (χ2n) is 3.67. The van der Waals surface area contributed by atoms with Gasteiger partial charge in [-0.25, -0.2) is 4.79 Å². The summed E-state index contributed by atoms with van der Waals surface area (Å²) in [5.74, 6) is -0.523. The molecular weight excluding hydrogens is 244 g/mol. The zero-order valence-corrected chi connectivity index (χ0v) is 10.6. The van der Waals surface area contributed by atoms with Crippen LogP contribution in [0, 0.1) is 22.7 Å². The SMILES string of the molecule is CCOC(=O)c1cc(N)ccc1N(CC#N)CC#N. The molecule has 0 bridgehead atoms. The number of benzene rings is 1. The fraction of sp³-hybridized carbons (Fsp3) is 0.308. The van der Waals surface area contributed by atoms with Crippen LogP contribution in [0.3, 0.4) is 0 Å². The molecule has 0 aromatic heterocycles. The predicted octanol–water partition coefficient (Wildman–Crippen LogP) is 1.30. The van der Waals surface area contributed by atoms with Crippen molar-refractivity contribution in [3.05, 3.63) is 23.8 Å². The monoisotopic (exact) mass is 258 g/mol. The van der Waals surface area contributed by atoms with E-state index in [-0.39, 0.29) is 25.3 Å². The minimum atomic E-state index is -0.523. The fourth-order valence-electron chi connectivity index (χ4n) is 1.60. The summed E-state index contributed by atoms with van der Waals surface area (Å²) < 4.78 is 4.94. The third kappa shape index (κ3) is 3.62. The summed E-state index contributed by atoms with van der Waals surface area (Å²) in [7, 11) is 0. The van der Waals surface area contributed by atoms with Crippen molar-refractivity contribution >= 4 is 17.3 Å². The standard InChI is InChI=1S/C13H14N4O2/c1-2-19-13(18)11-9-10(16)3-4-12(11)17(7-5-14)8-6-15/h3-4,9H,2,7-8,16H2,1H3. The first-order valence-corrected chi connectivity index (χ1v) is 5.69. The number of nitrogens with zero attached hydrogens (tertiary/aromatic N) is 3. The Labute approximate surface area is 111 Å². The second-order valence-corrected chi connectivity index (χ2v) is 3.67. The van der Waals surface area contributed by atoms with Gasteiger partial charge in [-0.05, 0) is 25.1 Å². The Hall–Kier alpha value is -2.73. The van der Waals surface area contributed by atoms with Crippen molar-refractivity contribution in [3.63, 3.8) is 0 Å². The van der Waals surface area contributed by atoms with E-state index in [9.17, 15) is 4.79 Å². The first-order chi connectivity index (χ1) is 9.13. The van der Waals surface area contributed by atoms with Gasteiger partial charge in [-0.15, -0.1) is 0 Å². The van der Waals surface area contributed by atoms with Gasteiger partial charge in [-0.3, -0.25) is 0 Å². The Morgan fingerprint density at radius 1 is 1.37 bits per heavy atom. The van der Waals surface area contributed by atoms with Crippen molar-refractivity contribution in [1.82, 2.24) is 0 Å². The van der Waals surface area contributed by atoms with E-state index in [0.717, 1.165) is 0 Å². The summed E-state index contributed by atoms with van der Waals surface area (Å²) >= 11 is 0. The van der Waals surface area contributed by atoms with Gasteiger partial charge in [0.25, 0.3) is 0 Å². The molecule has 0 fully saturated rings. The van der Waals surface area contributed by atoms with Crippen molar-refractivity contribution < 1.29 is 9.53 Å². The van der Waals surface area contributed by atoms with Gasteiger partial charge in [0.15, 0.2) is 0 Å². The van der Waals surface area contributed by atoms with E-state index >= 15 is 0 Å². The summed E-state index contributed by atoms with van der Waals surface area (Å²) in [5, 5.41) is 17.5. The van der Waals surface area contributed by atoms with Crippen LogP contribution in [-0.2, 0) is 4.74 Å². The molecule has 0 radical (unpaired) electrons. The molecule has 0 saturated heterocycles. The second kappa shape index (κ2) is 6.87. The normalized spacial score (nSPS) is 9.21. The van der Waals surface area contributed by atoms with Gasteiger partial charge in [-0.1, -0.05) is 0 Å². The minimum Gasteiger partial charge on any atom is -0.462 e. The van der Waals surface area contributed by atoms with Crippen LogP contribution >= 0.6 is 0 Å². The molecule has 1 aromatic carbocycles. The molecule has 0 unspecified atom stereocenters. The summed E-state index contributed by atoms with van der Waals surface area (Å²) in [5.41, 5.74) is 6.80. The Kier molecular flexibility index (Phi) is 5.18. The highest BCUT2D eigenvalue weighted by Crippen LogP contribution is 2.24. The van der Waals surface area contributed by atoms with E-state index in [1.165, 1.54) is 11.0 Å². The summed E-state index contributed by atoms with van der Waals surface area (Å²) in [6.07, 6.45) is 0. The summed E-state index contributed by atoms with van der Waals surface area (Å²) in [6, 6.07) is 8.61. The van der Waals surface area contributed by atoms with Crippen molar-refractivity contribution in [2.75, 3.05) is 30.3 Å². The average molecular weight is 258 g/mol. The molecule has 0 amide bonds. The number of nitrogen functional groups attached to an aromatic ring is 1. The molecule has 6 nitrogen and oxygen atoms in total. The largest absolute Gasteiger partial charge is 0.462 e. The highest BCUT2D eigenvalue weighted by atomic mass is 16.5. The zero-order chi connectivity index (χ0) is 14.3. The number of nitrogens with two attached hydrogens (primary N) is 1. The Bertz CT molecular complexity index is 527. The van der Waals surface area contributed by atoms with Crippen LogP contribution in [0.15, 0.2) is 18.2 Å². The number of hydrogen-bond donors (Lipinski definition) is 1. The lowest BCUT2D eigenvalue weighted by Gasteiger charge is -2.21. The van der Waals surface area contributed by atoms with Crippen LogP contribution in [0.4, 0.5) is 11.4 Å². The van der Waals surface area contributed by atoms with E-state index in [4.69, 9.17) is 21.0 Å². The van der Waals surface area contributed by atoms with Gasteiger partial charge < -0.3 is 15.4 Å². The van der Waals surface area contributed by atoms with Gasteiger partial charge in [0.1, 0.15) is 13.1 Å². The molecule has 19 heavy (non-hydrogen) atoms. The third-order valence-electron chi connectivity index (χ3n) is 2.38. The lowest BCUT2D eigenvalue weighted by Crippen LogP contribution is -2.26. The molecule has 6 heteroatoms. The quantitative estimate of drug-likeness (QED) is 0.485. The average Bonchev–Trinajstić information content (AvgIpc) is 2.39. The summed E-state index contributed by atoms with van der Waals surface area (Å²) in [4.78, 5) is 13.4. The van der Waals surface area contributed by atoms with Gasteiger partial charge in [0, 0.05) is 5.69 Å². The van der Waals surface area contributed by atoms with E-state index < -0.39 is 5.97 Å². The van der Waals surface area contributed by atoms with Gasteiger partial charge in [0.2, 0.25) is 0 Å². The van der Waals surface area contributed by atoms with Crippen molar-refractivity contribution in [2.45, 2.75) is 6.92 Å². The fourth-order valence-corrected chi connectivity index (χ4v) is 1.60. The molecule has 0 heterocycles. The van der Waals surface area contributed by atoms with Crippen LogP contribution < -0.4 is 10.6 Å². The Balaban J connectivity index is 3.21. The first-order valence-electron chi connectivity index (χ1n) is 5.69. The van der Waals surface area contributed by atoms with Crippen molar-refractivity contribution in [3.8, 4) is 12.1 Å². The van der Waals surface area contributed by atoms with Crippen LogP contribution in [0.2, 0.25) is 0 Å². The maximum atomic E-state index is 11.9. The molecule has 2 N–H and O–H groups in total. The molecule has 1 rings (SSSR count). The zero-order valence-electron chi connectivity index (χ0n) is 10.6. The van der Waals surface area contributed by atoms with Crippen molar-refractivity contribution in [2.24, 2.45) is 0 Å². The molecule has 0 aliphatic carbocycles. The van der Waals surface area contributed by atoms with Gasteiger partial charge in [-0.2, -0.15) is 10.5 Å². The number of esters is 1. The predicted molar refractivity (Wildman–Crippen MR) is 70.2 cm³/mol. The third-order valence-corrected chi connectivity index (χ3v) is 2.38. The maximum absolute atomic E-state index is 11.9. The Morgan fingerprint density at radius 3 is 2.53 bits per heavy atom. The van der Waals surface area contributed by atoms with Crippen LogP contribution in [0.25, 0.3) is 0 Å². The highest BCUT2D eigenvalue weighted by Gasteiger charge is 2.17. The van der Waals surface area contributed by atoms with Crippen LogP contribution in [0.1, 0.15) is 17.3 Å². The smallest absolute Gasteiger partial charge is 0.340 e. The molecule has 0 saturated carbocycles. The topological polar surface area (TPSA) is 103 Å². The van der Waals surface area contributed by atoms with Crippen LogP contribution in [-0.4, -0.2) is 25.7 Å². The number of anilines is 2. The van der Waals surface area contributed by atoms with E-state index in [0.29, 0.717) is 11.4 Å². The number of hydrogen-bond acceptors (Lipinski definition) is 6. The van der Waals surface area contributed by atoms with Crippen LogP contribution in [0.5, 0.6) is 0 Å². The molecule has 0 spiro atoms. The minimum absolute atomic E-state index is 0.00385. The number of ether oxygens (including phenoxy) is 1. The number of carbonyl (C=O) groups excluding carboxylic acids is 1. The Morgan fingerprint density at radius 2 is 2.00 bits per heavy atom. The number of nitriles is 2. The number of rotatable bonds is 5. The van der Waals surface area contributed by atoms with E-state index in [2.05, 4.69) is 0 Å². The molecule has 98 valence electrons.